The van der Waals surface area contributed by atoms with Crippen LogP contribution in [-0.2, 0) is 4.74 Å². The molecule has 0 spiro atoms. The molecule has 15 heavy (non-hydrogen) atoms. The summed E-state index contributed by atoms with van der Waals surface area (Å²) < 4.78 is 5.64. The molecule has 2 nitrogen and oxygen atoms in total. The highest BCUT2D eigenvalue weighted by molar-refractivity contribution is 4.88. The van der Waals surface area contributed by atoms with Crippen molar-refractivity contribution in [3.05, 3.63) is 0 Å². The van der Waals surface area contributed by atoms with E-state index in [1.54, 1.807) is 0 Å². The van der Waals surface area contributed by atoms with Gasteiger partial charge in [0.25, 0.3) is 0 Å². The van der Waals surface area contributed by atoms with Gasteiger partial charge in [-0.25, -0.2) is 0 Å². The smallest absolute Gasteiger partial charge is 0.0726 e. The Morgan fingerprint density at radius 3 is 2.40 bits per heavy atom. The number of hydrogen-bond acceptors (Lipinski definition) is 2. The molecule has 0 bridgehead atoms. The van der Waals surface area contributed by atoms with Gasteiger partial charge in [0.15, 0.2) is 0 Å². The zero-order valence-corrected chi connectivity index (χ0v) is 10.6. The van der Waals surface area contributed by atoms with Crippen LogP contribution in [-0.4, -0.2) is 25.8 Å². The maximum Gasteiger partial charge on any atom is 0.0726 e. The molecule has 0 aromatic carbocycles. The first-order chi connectivity index (χ1) is 7.33. The Morgan fingerprint density at radius 1 is 1.27 bits per heavy atom. The molecule has 1 saturated carbocycles. The maximum absolute atomic E-state index is 5.64. The van der Waals surface area contributed by atoms with Crippen molar-refractivity contribution < 1.29 is 4.74 Å². The molecular weight excluding hydrogens is 186 g/mol. The van der Waals surface area contributed by atoms with Gasteiger partial charge in [-0.05, 0) is 38.1 Å². The first-order valence-electron chi connectivity index (χ1n) is 6.59. The van der Waals surface area contributed by atoms with Crippen LogP contribution in [0.4, 0.5) is 0 Å². The van der Waals surface area contributed by atoms with Crippen molar-refractivity contribution >= 4 is 0 Å². The second-order valence-electron chi connectivity index (χ2n) is 4.73. The van der Waals surface area contributed by atoms with E-state index in [9.17, 15) is 0 Å². The van der Waals surface area contributed by atoms with Crippen molar-refractivity contribution in [3.8, 4) is 0 Å². The Hall–Kier alpha value is -0.0800. The van der Waals surface area contributed by atoms with Crippen molar-refractivity contribution in [1.82, 2.24) is 5.32 Å². The summed E-state index contributed by atoms with van der Waals surface area (Å²) in [6.07, 6.45) is 8.25. The van der Waals surface area contributed by atoms with Crippen LogP contribution >= 0.6 is 0 Å². The van der Waals surface area contributed by atoms with Crippen LogP contribution in [0.5, 0.6) is 0 Å². The van der Waals surface area contributed by atoms with Gasteiger partial charge in [-0.3, -0.25) is 0 Å². The molecule has 1 fully saturated rings. The molecule has 0 heterocycles. The molecule has 1 aliphatic carbocycles. The lowest BCUT2D eigenvalue weighted by Crippen LogP contribution is -2.48. The van der Waals surface area contributed by atoms with Crippen LogP contribution in [0, 0.1) is 5.92 Å². The third-order valence-corrected chi connectivity index (χ3v) is 3.56. The summed E-state index contributed by atoms with van der Waals surface area (Å²) in [5, 5.41) is 3.68. The Balaban J connectivity index is 2.43. The largest absolute Gasteiger partial charge is 0.380 e. The van der Waals surface area contributed by atoms with E-state index in [0.29, 0.717) is 12.1 Å². The molecule has 0 aromatic rings. The van der Waals surface area contributed by atoms with Gasteiger partial charge in [0, 0.05) is 13.2 Å². The third-order valence-electron chi connectivity index (χ3n) is 3.56. The summed E-state index contributed by atoms with van der Waals surface area (Å²) >= 11 is 0. The SMILES string of the molecule is CCCNC(C1CCC1)C(CCC)OC. The molecule has 1 aliphatic rings. The first kappa shape index (κ1) is 13.0. The van der Waals surface area contributed by atoms with Crippen LogP contribution in [0.15, 0.2) is 0 Å². The van der Waals surface area contributed by atoms with E-state index >= 15 is 0 Å². The van der Waals surface area contributed by atoms with Gasteiger partial charge < -0.3 is 10.1 Å². The lowest BCUT2D eigenvalue weighted by Gasteiger charge is -2.38. The zero-order chi connectivity index (χ0) is 11.1. The molecule has 0 amide bonds. The predicted molar refractivity (Wildman–Crippen MR) is 65.1 cm³/mol. The fourth-order valence-electron chi connectivity index (χ4n) is 2.44. The zero-order valence-electron chi connectivity index (χ0n) is 10.6. The monoisotopic (exact) mass is 213 g/mol. The normalized spacial score (nSPS) is 21.0. The topological polar surface area (TPSA) is 21.3 Å². The average Bonchev–Trinajstić information content (AvgIpc) is 2.18. The van der Waals surface area contributed by atoms with Gasteiger partial charge in [0.05, 0.1) is 6.10 Å². The van der Waals surface area contributed by atoms with E-state index in [-0.39, 0.29) is 0 Å². The van der Waals surface area contributed by atoms with Crippen molar-refractivity contribution in [2.75, 3.05) is 13.7 Å². The van der Waals surface area contributed by atoms with E-state index in [0.717, 1.165) is 12.5 Å². The van der Waals surface area contributed by atoms with E-state index in [2.05, 4.69) is 19.2 Å². The first-order valence-corrected chi connectivity index (χ1v) is 6.59. The van der Waals surface area contributed by atoms with Crippen molar-refractivity contribution in [2.24, 2.45) is 5.92 Å². The van der Waals surface area contributed by atoms with E-state index < -0.39 is 0 Å². The lowest BCUT2D eigenvalue weighted by molar-refractivity contribution is 0.0241. The molecule has 90 valence electrons. The van der Waals surface area contributed by atoms with E-state index in [1.165, 1.54) is 38.5 Å². The molecular formula is C13H27NO. The number of ether oxygens (including phenoxy) is 1. The number of rotatable bonds is 8. The second kappa shape index (κ2) is 7.24. The minimum Gasteiger partial charge on any atom is -0.380 e. The number of nitrogens with one attached hydrogen (secondary N) is 1. The highest BCUT2D eigenvalue weighted by atomic mass is 16.5. The maximum atomic E-state index is 5.64. The van der Waals surface area contributed by atoms with Crippen molar-refractivity contribution in [1.29, 1.82) is 0 Å². The number of methoxy groups -OCH3 is 1. The van der Waals surface area contributed by atoms with Crippen LogP contribution < -0.4 is 5.32 Å². The molecule has 1 rings (SSSR count). The average molecular weight is 213 g/mol. The van der Waals surface area contributed by atoms with Crippen LogP contribution in [0.1, 0.15) is 52.4 Å². The molecule has 0 aliphatic heterocycles. The highest BCUT2D eigenvalue weighted by Gasteiger charge is 2.32. The molecule has 2 atom stereocenters. The molecule has 2 unspecified atom stereocenters. The van der Waals surface area contributed by atoms with Gasteiger partial charge in [-0.1, -0.05) is 26.7 Å². The third kappa shape index (κ3) is 3.76. The standard InChI is InChI=1S/C13H27NO/c1-4-7-12(15-3)13(14-10-5-2)11-8-6-9-11/h11-14H,4-10H2,1-3H3. The highest BCUT2D eigenvalue weighted by Crippen LogP contribution is 2.32. The summed E-state index contributed by atoms with van der Waals surface area (Å²) in [5.41, 5.74) is 0. The molecule has 0 radical (unpaired) electrons. The van der Waals surface area contributed by atoms with Crippen LogP contribution in [0.25, 0.3) is 0 Å². The van der Waals surface area contributed by atoms with Gasteiger partial charge in [-0.15, -0.1) is 0 Å². The van der Waals surface area contributed by atoms with E-state index in [1.807, 2.05) is 7.11 Å². The lowest BCUT2D eigenvalue weighted by atomic mass is 9.77. The quantitative estimate of drug-likeness (QED) is 0.669. The fraction of sp³-hybridized carbons (Fsp3) is 1.00. The minimum atomic E-state index is 0.423. The minimum absolute atomic E-state index is 0.423. The molecule has 0 saturated heterocycles. The summed E-state index contributed by atoms with van der Waals surface area (Å²) in [6.45, 7) is 5.60. The van der Waals surface area contributed by atoms with Crippen molar-refractivity contribution in [3.63, 3.8) is 0 Å². The summed E-state index contributed by atoms with van der Waals surface area (Å²) in [5.74, 6) is 0.869. The Labute approximate surface area is 94.8 Å². The van der Waals surface area contributed by atoms with Crippen LogP contribution in [0.2, 0.25) is 0 Å². The Morgan fingerprint density at radius 2 is 2.00 bits per heavy atom. The summed E-state index contributed by atoms with van der Waals surface area (Å²) in [7, 11) is 1.86. The summed E-state index contributed by atoms with van der Waals surface area (Å²) in [4.78, 5) is 0. The van der Waals surface area contributed by atoms with Gasteiger partial charge in [-0.2, -0.15) is 0 Å². The van der Waals surface area contributed by atoms with Crippen molar-refractivity contribution in [2.45, 2.75) is 64.5 Å². The Bertz CT molecular complexity index is 157. The van der Waals surface area contributed by atoms with Gasteiger partial charge in [0.2, 0.25) is 0 Å². The molecule has 2 heteroatoms. The van der Waals surface area contributed by atoms with E-state index in [4.69, 9.17) is 4.74 Å². The molecule has 1 N–H and O–H groups in total. The van der Waals surface area contributed by atoms with Crippen LogP contribution in [0.3, 0.4) is 0 Å². The number of hydrogen-bond donors (Lipinski definition) is 1. The van der Waals surface area contributed by atoms with Gasteiger partial charge in [0.1, 0.15) is 0 Å². The Kier molecular flexibility index (Phi) is 6.26. The second-order valence-corrected chi connectivity index (χ2v) is 4.73. The van der Waals surface area contributed by atoms with Gasteiger partial charge >= 0.3 is 0 Å². The fourth-order valence-corrected chi connectivity index (χ4v) is 2.44. The predicted octanol–water partition coefficient (Wildman–Crippen LogP) is 2.97. The summed E-state index contributed by atoms with van der Waals surface area (Å²) in [6, 6.07) is 0.601. The molecule has 0 aromatic heterocycles.